The van der Waals surface area contributed by atoms with Gasteiger partial charge >= 0.3 is 0 Å². The van der Waals surface area contributed by atoms with E-state index in [0.29, 0.717) is 0 Å². The smallest absolute Gasteiger partial charge is 0.261 e. The molecule has 2 nitrogen and oxygen atoms in total. The number of aryl methyl sites for hydroxylation is 1. The second kappa shape index (κ2) is 6.87. The third-order valence-corrected chi connectivity index (χ3v) is 4.51. The Kier molecular flexibility index (Phi) is 5.16. The molecule has 1 amide bonds. The third kappa shape index (κ3) is 4.48. The lowest BCUT2D eigenvalue weighted by Gasteiger charge is -2.13. The number of hydrogen-bond acceptors (Lipinski definition) is 2. The molecule has 19 heavy (non-hydrogen) atoms. The Morgan fingerprint density at radius 1 is 1.26 bits per heavy atom. The molecule has 0 aliphatic heterocycles. The van der Waals surface area contributed by atoms with E-state index in [1.165, 1.54) is 16.9 Å². The maximum Gasteiger partial charge on any atom is 0.261 e. The molecule has 0 saturated heterocycles. The molecule has 0 fully saturated rings. The minimum absolute atomic E-state index is 0.0104. The lowest BCUT2D eigenvalue weighted by Crippen LogP contribution is -2.32. The van der Waals surface area contributed by atoms with Crippen molar-refractivity contribution in [1.29, 1.82) is 0 Å². The number of carbonyl (C=O) groups excluding carboxylic acids is 1. The number of halogens is 1. The van der Waals surface area contributed by atoms with Gasteiger partial charge in [-0.3, -0.25) is 4.79 Å². The van der Waals surface area contributed by atoms with E-state index in [9.17, 15) is 4.79 Å². The number of nitrogens with one attached hydrogen (secondary N) is 1. The first kappa shape index (κ1) is 14.3. The predicted molar refractivity (Wildman–Crippen MR) is 83.7 cm³/mol. The number of hydrogen-bond donors (Lipinski definition) is 1. The molecular formula is C15H16BrNOS. The molecule has 1 unspecified atom stereocenters. The van der Waals surface area contributed by atoms with E-state index in [1.807, 2.05) is 37.3 Å². The van der Waals surface area contributed by atoms with Crippen molar-refractivity contribution in [1.82, 2.24) is 5.32 Å². The van der Waals surface area contributed by atoms with Gasteiger partial charge in [0.15, 0.2) is 0 Å². The minimum Gasteiger partial charge on any atom is -0.349 e. The fourth-order valence-corrected chi connectivity index (χ4v) is 3.12. The average molecular weight is 338 g/mol. The zero-order chi connectivity index (χ0) is 13.7. The van der Waals surface area contributed by atoms with Gasteiger partial charge in [0, 0.05) is 6.04 Å². The molecule has 2 aromatic rings. The molecule has 0 saturated carbocycles. The molecule has 1 aromatic heterocycles. The summed E-state index contributed by atoms with van der Waals surface area (Å²) in [5, 5.41) is 3.03. The van der Waals surface area contributed by atoms with Crippen molar-refractivity contribution in [3.63, 3.8) is 0 Å². The molecule has 1 heterocycles. The minimum atomic E-state index is 0.0104. The van der Waals surface area contributed by atoms with Crippen LogP contribution in [-0.2, 0) is 6.42 Å². The Balaban J connectivity index is 1.81. The number of amides is 1. The summed E-state index contributed by atoms with van der Waals surface area (Å²) >= 11 is 4.82. The molecule has 1 aromatic carbocycles. The lowest BCUT2D eigenvalue weighted by atomic mass is 10.1. The highest BCUT2D eigenvalue weighted by Gasteiger charge is 2.11. The maximum atomic E-state index is 12.0. The highest BCUT2D eigenvalue weighted by Crippen LogP contribution is 2.22. The molecule has 1 atom stereocenters. The monoisotopic (exact) mass is 337 g/mol. The zero-order valence-corrected chi connectivity index (χ0v) is 13.1. The van der Waals surface area contributed by atoms with Crippen molar-refractivity contribution in [3.8, 4) is 0 Å². The second-order valence-corrected chi connectivity index (χ2v) is 6.97. The van der Waals surface area contributed by atoms with Crippen LogP contribution in [0.2, 0.25) is 0 Å². The van der Waals surface area contributed by atoms with E-state index < -0.39 is 0 Å². The first-order valence-corrected chi connectivity index (χ1v) is 7.86. The maximum absolute atomic E-state index is 12.0. The molecule has 100 valence electrons. The second-order valence-electron chi connectivity index (χ2n) is 4.50. The molecule has 0 bridgehead atoms. The fraction of sp³-hybridized carbons (Fsp3) is 0.267. The van der Waals surface area contributed by atoms with Crippen LogP contribution in [0.3, 0.4) is 0 Å². The van der Waals surface area contributed by atoms with Gasteiger partial charge in [-0.15, -0.1) is 11.3 Å². The van der Waals surface area contributed by atoms with E-state index in [-0.39, 0.29) is 11.9 Å². The summed E-state index contributed by atoms with van der Waals surface area (Å²) in [6.07, 6.45) is 1.93. The highest BCUT2D eigenvalue weighted by atomic mass is 79.9. The first-order valence-electron chi connectivity index (χ1n) is 6.25. The van der Waals surface area contributed by atoms with Gasteiger partial charge in [0.1, 0.15) is 0 Å². The van der Waals surface area contributed by atoms with Crippen LogP contribution in [-0.4, -0.2) is 11.9 Å². The molecular weight excluding hydrogens is 322 g/mol. The summed E-state index contributed by atoms with van der Waals surface area (Å²) in [6, 6.07) is 14.2. The molecule has 0 spiro atoms. The standard InChI is InChI=1S/C15H16BrNOS/c1-11(7-8-12-5-3-2-4-6-12)17-15(18)13-9-10-14(16)19-13/h2-6,9-11H,7-8H2,1H3,(H,17,18). The molecule has 0 aliphatic rings. The van der Waals surface area contributed by atoms with Crippen LogP contribution < -0.4 is 5.32 Å². The first-order chi connectivity index (χ1) is 9.15. The van der Waals surface area contributed by atoms with Crippen LogP contribution >= 0.6 is 27.3 Å². The highest BCUT2D eigenvalue weighted by molar-refractivity contribution is 9.11. The zero-order valence-electron chi connectivity index (χ0n) is 10.7. The largest absolute Gasteiger partial charge is 0.349 e. The van der Waals surface area contributed by atoms with Gasteiger partial charge in [0.2, 0.25) is 0 Å². The molecule has 4 heteroatoms. The Morgan fingerprint density at radius 3 is 2.63 bits per heavy atom. The van der Waals surface area contributed by atoms with Crippen LogP contribution in [0.1, 0.15) is 28.6 Å². The van der Waals surface area contributed by atoms with E-state index in [4.69, 9.17) is 0 Å². The van der Waals surface area contributed by atoms with Crippen molar-refractivity contribution in [3.05, 3.63) is 56.7 Å². The molecule has 0 aliphatic carbocycles. The summed E-state index contributed by atoms with van der Waals surface area (Å²) < 4.78 is 0.981. The molecule has 1 N–H and O–H groups in total. The van der Waals surface area contributed by atoms with Crippen molar-refractivity contribution in [2.75, 3.05) is 0 Å². The van der Waals surface area contributed by atoms with Gasteiger partial charge in [0.05, 0.1) is 8.66 Å². The Labute approximate surface area is 126 Å². The van der Waals surface area contributed by atoms with Gasteiger partial charge in [-0.2, -0.15) is 0 Å². The van der Waals surface area contributed by atoms with Gasteiger partial charge < -0.3 is 5.32 Å². The van der Waals surface area contributed by atoms with E-state index in [1.54, 1.807) is 0 Å². The topological polar surface area (TPSA) is 29.1 Å². The third-order valence-electron chi connectivity index (χ3n) is 2.88. The van der Waals surface area contributed by atoms with Crippen molar-refractivity contribution in [2.24, 2.45) is 0 Å². The predicted octanol–water partition coefficient (Wildman–Crippen LogP) is 4.26. The van der Waals surface area contributed by atoms with Crippen LogP contribution in [0, 0.1) is 0 Å². The van der Waals surface area contributed by atoms with Crippen molar-refractivity contribution < 1.29 is 4.79 Å². The quantitative estimate of drug-likeness (QED) is 0.867. The lowest BCUT2D eigenvalue weighted by molar-refractivity contribution is 0.0942. The van der Waals surface area contributed by atoms with Crippen LogP contribution in [0.25, 0.3) is 0 Å². The Bertz CT molecular complexity index is 538. The molecule has 2 rings (SSSR count). The van der Waals surface area contributed by atoms with Crippen molar-refractivity contribution >= 4 is 33.2 Å². The van der Waals surface area contributed by atoms with E-state index >= 15 is 0 Å². The van der Waals surface area contributed by atoms with Gasteiger partial charge in [-0.1, -0.05) is 30.3 Å². The summed E-state index contributed by atoms with van der Waals surface area (Å²) in [5.41, 5.74) is 1.31. The number of rotatable bonds is 5. The molecule has 0 radical (unpaired) electrons. The normalized spacial score (nSPS) is 12.1. The summed E-state index contributed by atoms with van der Waals surface area (Å²) in [5.74, 6) is 0.0104. The Morgan fingerprint density at radius 2 is 2.00 bits per heavy atom. The number of carbonyl (C=O) groups is 1. The summed E-state index contributed by atoms with van der Waals surface area (Å²) in [4.78, 5) is 12.7. The summed E-state index contributed by atoms with van der Waals surface area (Å²) in [7, 11) is 0. The number of thiophene rings is 1. The van der Waals surface area contributed by atoms with E-state index in [0.717, 1.165) is 21.5 Å². The van der Waals surface area contributed by atoms with Crippen LogP contribution in [0.5, 0.6) is 0 Å². The van der Waals surface area contributed by atoms with Gasteiger partial charge in [-0.25, -0.2) is 0 Å². The van der Waals surface area contributed by atoms with Gasteiger partial charge in [0.25, 0.3) is 5.91 Å². The summed E-state index contributed by atoms with van der Waals surface area (Å²) in [6.45, 7) is 2.05. The SMILES string of the molecule is CC(CCc1ccccc1)NC(=O)c1ccc(Br)s1. The number of benzene rings is 1. The van der Waals surface area contributed by atoms with Crippen LogP contribution in [0.15, 0.2) is 46.3 Å². The van der Waals surface area contributed by atoms with Gasteiger partial charge in [-0.05, 0) is 53.4 Å². The van der Waals surface area contributed by atoms with Crippen LogP contribution in [0.4, 0.5) is 0 Å². The Hall–Kier alpha value is -1.13. The fourth-order valence-electron chi connectivity index (χ4n) is 1.83. The van der Waals surface area contributed by atoms with Crippen molar-refractivity contribution in [2.45, 2.75) is 25.8 Å². The van der Waals surface area contributed by atoms with E-state index in [2.05, 4.69) is 33.4 Å². The average Bonchev–Trinajstić information content (AvgIpc) is 2.84.